The molecule has 0 amide bonds. The molecule has 0 spiro atoms. The van der Waals surface area contributed by atoms with Crippen LogP contribution in [0.25, 0.3) is 0 Å². The summed E-state index contributed by atoms with van der Waals surface area (Å²) < 4.78 is 0.862. The van der Waals surface area contributed by atoms with Gasteiger partial charge in [0.15, 0.2) is 0 Å². The van der Waals surface area contributed by atoms with Gasteiger partial charge >= 0.3 is 0 Å². The van der Waals surface area contributed by atoms with Gasteiger partial charge in [0.1, 0.15) is 6.07 Å². The highest BCUT2D eigenvalue weighted by Gasteiger charge is 2.29. The van der Waals surface area contributed by atoms with Crippen molar-refractivity contribution in [1.82, 2.24) is 0 Å². The van der Waals surface area contributed by atoms with Crippen LogP contribution in [0.5, 0.6) is 0 Å². The molecule has 2 unspecified atom stereocenters. The van der Waals surface area contributed by atoms with E-state index in [-0.39, 0.29) is 0 Å². The number of benzene rings is 1. The van der Waals surface area contributed by atoms with Gasteiger partial charge in [0, 0.05) is 17.1 Å². The molecule has 1 saturated heterocycles. The molecule has 1 aliphatic heterocycles. The molecular weight excluding hydrogens is 278 g/mol. The zero-order chi connectivity index (χ0) is 12.4. The van der Waals surface area contributed by atoms with E-state index in [2.05, 4.69) is 33.8 Å². The fourth-order valence-electron chi connectivity index (χ4n) is 2.51. The van der Waals surface area contributed by atoms with E-state index in [1.165, 1.54) is 0 Å². The van der Waals surface area contributed by atoms with Gasteiger partial charge in [-0.25, -0.2) is 0 Å². The lowest BCUT2D eigenvalue weighted by Gasteiger charge is -2.25. The third-order valence-corrected chi connectivity index (χ3v) is 4.07. The van der Waals surface area contributed by atoms with Crippen LogP contribution in [0, 0.1) is 17.2 Å². The summed E-state index contributed by atoms with van der Waals surface area (Å²) in [7, 11) is 0. The Morgan fingerprint density at radius 3 is 2.94 bits per heavy atom. The monoisotopic (exact) mass is 293 g/mol. The molecule has 1 fully saturated rings. The summed E-state index contributed by atoms with van der Waals surface area (Å²) in [6.07, 6.45) is 1.11. The first-order chi connectivity index (χ1) is 8.17. The molecule has 3 nitrogen and oxygen atoms in total. The van der Waals surface area contributed by atoms with E-state index in [4.69, 9.17) is 5.73 Å². The molecule has 1 aromatic carbocycles. The van der Waals surface area contributed by atoms with E-state index < -0.39 is 0 Å². The Labute approximate surface area is 110 Å². The van der Waals surface area contributed by atoms with Crippen LogP contribution >= 0.6 is 15.9 Å². The normalized spacial score (nSPS) is 23.8. The molecule has 1 aromatic rings. The molecule has 90 valence electrons. The molecule has 2 rings (SSSR count). The van der Waals surface area contributed by atoms with Gasteiger partial charge in [0.2, 0.25) is 0 Å². The Bertz CT molecular complexity index is 452. The minimum absolute atomic E-state index is 0.449. The van der Waals surface area contributed by atoms with E-state index in [0.29, 0.717) is 12.0 Å². The number of hydrogen-bond donors (Lipinski definition) is 1. The molecule has 17 heavy (non-hydrogen) atoms. The van der Waals surface area contributed by atoms with Crippen LogP contribution in [0.15, 0.2) is 22.7 Å². The summed E-state index contributed by atoms with van der Waals surface area (Å²) in [6.45, 7) is 3.86. The Hall–Kier alpha value is -1.05. The van der Waals surface area contributed by atoms with Crippen molar-refractivity contribution in [3.05, 3.63) is 28.2 Å². The Balaban J connectivity index is 2.35. The Morgan fingerprint density at radius 2 is 2.35 bits per heavy atom. The fourth-order valence-corrected chi connectivity index (χ4v) is 2.96. The van der Waals surface area contributed by atoms with Crippen LogP contribution in [-0.2, 0) is 0 Å². The average Bonchev–Trinajstić information content (AvgIpc) is 2.70. The first-order valence-corrected chi connectivity index (χ1v) is 6.62. The molecule has 1 aliphatic rings. The molecule has 2 atom stereocenters. The van der Waals surface area contributed by atoms with E-state index in [0.717, 1.165) is 35.2 Å². The minimum atomic E-state index is 0.449. The van der Waals surface area contributed by atoms with Gasteiger partial charge in [-0.15, -0.1) is 0 Å². The number of hydrogen-bond acceptors (Lipinski definition) is 3. The van der Waals surface area contributed by atoms with Gasteiger partial charge in [-0.2, -0.15) is 5.26 Å². The standard InChI is InChI=1S/C13H16BrN3/c1-9-5-10(6-15)8-17(9)13-4-2-3-12(14)11(13)7-16/h2-4,9-10H,5-6,8,15H2,1H3. The van der Waals surface area contributed by atoms with Crippen LogP contribution in [0.4, 0.5) is 5.69 Å². The quantitative estimate of drug-likeness (QED) is 0.911. The average molecular weight is 294 g/mol. The van der Waals surface area contributed by atoms with Crippen molar-refractivity contribution < 1.29 is 0 Å². The summed E-state index contributed by atoms with van der Waals surface area (Å²) in [4.78, 5) is 2.29. The van der Waals surface area contributed by atoms with Crippen molar-refractivity contribution in [1.29, 1.82) is 5.26 Å². The number of anilines is 1. The Kier molecular flexibility index (Phi) is 3.70. The van der Waals surface area contributed by atoms with Crippen LogP contribution < -0.4 is 10.6 Å². The van der Waals surface area contributed by atoms with E-state index in [1.807, 2.05) is 18.2 Å². The van der Waals surface area contributed by atoms with Gasteiger partial charge in [0.05, 0.1) is 11.3 Å². The lowest BCUT2D eigenvalue weighted by Crippen LogP contribution is -2.28. The SMILES string of the molecule is CC1CC(CN)CN1c1cccc(Br)c1C#N. The van der Waals surface area contributed by atoms with Crippen molar-refractivity contribution in [2.24, 2.45) is 11.7 Å². The highest BCUT2D eigenvalue weighted by atomic mass is 79.9. The van der Waals surface area contributed by atoms with E-state index in [1.54, 1.807) is 0 Å². The predicted octanol–water partition coefficient (Wildman–Crippen LogP) is 2.49. The highest BCUT2D eigenvalue weighted by Crippen LogP contribution is 2.33. The first kappa shape index (κ1) is 12.4. The number of nitrogens with two attached hydrogens (primary N) is 1. The summed E-state index contributed by atoms with van der Waals surface area (Å²) in [6, 6.07) is 8.62. The maximum absolute atomic E-state index is 9.24. The van der Waals surface area contributed by atoms with Crippen molar-refractivity contribution in [2.45, 2.75) is 19.4 Å². The second-order valence-corrected chi connectivity index (χ2v) is 5.44. The fraction of sp³-hybridized carbons (Fsp3) is 0.462. The number of nitriles is 1. The zero-order valence-corrected chi connectivity index (χ0v) is 11.4. The predicted molar refractivity (Wildman–Crippen MR) is 72.8 cm³/mol. The number of nitrogens with zero attached hydrogens (tertiary/aromatic N) is 2. The van der Waals surface area contributed by atoms with Crippen molar-refractivity contribution in [3.8, 4) is 6.07 Å². The third-order valence-electron chi connectivity index (χ3n) is 3.41. The maximum atomic E-state index is 9.24. The van der Waals surface area contributed by atoms with Gasteiger partial charge in [-0.1, -0.05) is 6.07 Å². The third kappa shape index (κ3) is 2.31. The topological polar surface area (TPSA) is 53.0 Å². The van der Waals surface area contributed by atoms with Crippen LogP contribution in [0.3, 0.4) is 0 Å². The second kappa shape index (κ2) is 5.07. The summed E-state index contributed by atoms with van der Waals surface area (Å²) in [5.41, 5.74) is 7.47. The maximum Gasteiger partial charge on any atom is 0.103 e. The molecule has 0 bridgehead atoms. The van der Waals surface area contributed by atoms with E-state index >= 15 is 0 Å². The molecule has 0 aliphatic carbocycles. The molecule has 0 aromatic heterocycles. The number of halogens is 1. The molecule has 0 saturated carbocycles. The highest BCUT2D eigenvalue weighted by molar-refractivity contribution is 9.10. The van der Waals surface area contributed by atoms with Gasteiger partial charge in [-0.3, -0.25) is 0 Å². The summed E-state index contributed by atoms with van der Waals surface area (Å²) in [5.74, 6) is 0.538. The molecule has 0 radical (unpaired) electrons. The first-order valence-electron chi connectivity index (χ1n) is 5.82. The van der Waals surface area contributed by atoms with Gasteiger partial charge < -0.3 is 10.6 Å². The summed E-state index contributed by atoms with van der Waals surface area (Å²) in [5, 5.41) is 9.24. The Morgan fingerprint density at radius 1 is 1.59 bits per heavy atom. The largest absolute Gasteiger partial charge is 0.367 e. The van der Waals surface area contributed by atoms with Crippen molar-refractivity contribution in [3.63, 3.8) is 0 Å². The minimum Gasteiger partial charge on any atom is -0.367 e. The molecule has 2 N–H and O–H groups in total. The number of rotatable bonds is 2. The lowest BCUT2D eigenvalue weighted by molar-refractivity contribution is 0.579. The van der Waals surface area contributed by atoms with Gasteiger partial charge in [-0.05, 0) is 53.9 Å². The van der Waals surface area contributed by atoms with Crippen molar-refractivity contribution >= 4 is 21.6 Å². The zero-order valence-electron chi connectivity index (χ0n) is 9.86. The van der Waals surface area contributed by atoms with Crippen LogP contribution in [0.2, 0.25) is 0 Å². The van der Waals surface area contributed by atoms with Crippen LogP contribution in [-0.4, -0.2) is 19.1 Å². The van der Waals surface area contributed by atoms with E-state index in [9.17, 15) is 5.26 Å². The van der Waals surface area contributed by atoms with Crippen LogP contribution in [0.1, 0.15) is 18.9 Å². The summed E-state index contributed by atoms with van der Waals surface area (Å²) >= 11 is 3.43. The second-order valence-electron chi connectivity index (χ2n) is 4.58. The molecule has 1 heterocycles. The molecule has 4 heteroatoms. The smallest absolute Gasteiger partial charge is 0.103 e. The van der Waals surface area contributed by atoms with Gasteiger partial charge in [0.25, 0.3) is 0 Å². The van der Waals surface area contributed by atoms with Crippen molar-refractivity contribution in [2.75, 3.05) is 18.0 Å². The lowest BCUT2D eigenvalue weighted by atomic mass is 10.1. The molecular formula is C13H16BrN3.